The fraction of sp³-hybridized carbons (Fsp3) is 0.379. The SMILES string of the molecule is O=C(c1ccc(N(C(=O)C2CCCN2C(=O)OCc2ccccc2)c2nccs2)cc1)N1CCN(CCO)CC1. The standard InChI is InChI=1S/C29H33N5O5S/c35-19-18-31-14-16-32(17-15-31)26(36)23-8-10-24(11-9-23)34(28-30-12-20-40-28)27(37)25-7-4-13-33(25)29(38)39-21-22-5-2-1-3-6-22/h1-3,5-6,8-12,20,25,35H,4,7,13-19,21H2. The second-order valence-electron chi connectivity index (χ2n) is 9.78. The van der Waals surface area contributed by atoms with Crippen LogP contribution < -0.4 is 4.90 Å². The van der Waals surface area contributed by atoms with Gasteiger partial charge in [0.05, 0.1) is 12.3 Å². The van der Waals surface area contributed by atoms with E-state index in [4.69, 9.17) is 9.84 Å². The van der Waals surface area contributed by atoms with Gasteiger partial charge < -0.3 is 14.7 Å². The Balaban J connectivity index is 1.29. The first kappa shape index (κ1) is 27.8. The van der Waals surface area contributed by atoms with Crippen LogP contribution in [0.3, 0.4) is 0 Å². The van der Waals surface area contributed by atoms with E-state index >= 15 is 0 Å². The lowest BCUT2D eigenvalue weighted by atomic mass is 10.1. The minimum atomic E-state index is -0.677. The predicted octanol–water partition coefficient (Wildman–Crippen LogP) is 3.36. The Morgan fingerprint density at radius 3 is 2.42 bits per heavy atom. The number of benzene rings is 2. The first-order valence-electron chi connectivity index (χ1n) is 13.5. The van der Waals surface area contributed by atoms with E-state index in [-0.39, 0.29) is 25.0 Å². The van der Waals surface area contributed by atoms with Crippen molar-refractivity contribution in [3.63, 3.8) is 0 Å². The smallest absolute Gasteiger partial charge is 0.410 e. The lowest BCUT2D eigenvalue weighted by Gasteiger charge is -2.34. The molecule has 2 aliphatic heterocycles. The third-order valence-electron chi connectivity index (χ3n) is 7.26. The fourth-order valence-electron chi connectivity index (χ4n) is 5.10. The van der Waals surface area contributed by atoms with Crippen molar-refractivity contribution in [1.82, 2.24) is 19.7 Å². The Morgan fingerprint density at radius 1 is 1.00 bits per heavy atom. The average Bonchev–Trinajstić information content (AvgIpc) is 3.70. The molecule has 0 bridgehead atoms. The molecule has 0 aliphatic carbocycles. The number of nitrogens with zero attached hydrogens (tertiary/aromatic N) is 5. The topological polar surface area (TPSA) is 107 Å². The van der Waals surface area contributed by atoms with E-state index in [2.05, 4.69) is 9.88 Å². The number of carbonyl (C=O) groups excluding carboxylic acids is 3. The summed E-state index contributed by atoms with van der Waals surface area (Å²) in [4.78, 5) is 51.4. The molecule has 3 aromatic rings. The normalized spacial score (nSPS) is 17.6. The summed E-state index contributed by atoms with van der Waals surface area (Å²) in [5.74, 6) is -0.325. The molecule has 0 saturated carbocycles. The number of hydrogen-bond acceptors (Lipinski definition) is 8. The number of aliphatic hydroxyl groups is 1. The zero-order chi connectivity index (χ0) is 27.9. The Labute approximate surface area is 237 Å². The minimum absolute atomic E-state index is 0.0644. The Bertz CT molecular complexity index is 1280. The predicted molar refractivity (Wildman–Crippen MR) is 151 cm³/mol. The number of hydrogen-bond donors (Lipinski definition) is 1. The van der Waals surface area contributed by atoms with Gasteiger partial charge in [-0.2, -0.15) is 0 Å². The molecule has 1 aromatic heterocycles. The molecule has 5 rings (SSSR count). The summed E-state index contributed by atoms with van der Waals surface area (Å²) in [6, 6.07) is 15.7. The number of rotatable bonds is 8. The monoisotopic (exact) mass is 563 g/mol. The van der Waals surface area contributed by atoms with Crippen LogP contribution in [0.5, 0.6) is 0 Å². The molecule has 210 valence electrons. The molecule has 1 unspecified atom stereocenters. The summed E-state index contributed by atoms with van der Waals surface area (Å²) >= 11 is 1.33. The molecule has 0 radical (unpaired) electrons. The number of thiazole rings is 1. The maximum atomic E-state index is 13.9. The molecule has 1 atom stereocenters. The first-order chi connectivity index (χ1) is 19.5. The number of carbonyl (C=O) groups is 3. The largest absolute Gasteiger partial charge is 0.445 e. The van der Waals surface area contributed by atoms with Gasteiger partial charge in [0, 0.05) is 56.4 Å². The first-order valence-corrected chi connectivity index (χ1v) is 14.4. The number of aliphatic hydroxyl groups excluding tert-OH is 1. The van der Waals surface area contributed by atoms with Crippen molar-refractivity contribution in [3.05, 3.63) is 77.3 Å². The van der Waals surface area contributed by atoms with Crippen molar-refractivity contribution in [1.29, 1.82) is 0 Å². The average molecular weight is 564 g/mol. The molecule has 11 heteroatoms. The molecule has 10 nitrogen and oxygen atoms in total. The summed E-state index contributed by atoms with van der Waals surface area (Å²) < 4.78 is 5.53. The fourth-order valence-corrected chi connectivity index (χ4v) is 5.77. The third kappa shape index (κ3) is 6.33. The highest BCUT2D eigenvalue weighted by Crippen LogP contribution is 2.32. The number of ether oxygens (including phenoxy) is 1. The van der Waals surface area contributed by atoms with Crippen molar-refractivity contribution in [2.45, 2.75) is 25.5 Å². The van der Waals surface area contributed by atoms with Gasteiger partial charge >= 0.3 is 6.09 Å². The van der Waals surface area contributed by atoms with Crippen molar-refractivity contribution in [2.75, 3.05) is 50.8 Å². The summed E-state index contributed by atoms with van der Waals surface area (Å²) in [6.45, 7) is 3.95. The number of amides is 3. The van der Waals surface area contributed by atoms with E-state index in [9.17, 15) is 14.4 Å². The highest BCUT2D eigenvalue weighted by atomic mass is 32.1. The van der Waals surface area contributed by atoms with Crippen LogP contribution >= 0.6 is 11.3 Å². The van der Waals surface area contributed by atoms with Crippen LogP contribution in [0.4, 0.5) is 15.6 Å². The molecular formula is C29H33N5O5S. The summed E-state index contributed by atoms with van der Waals surface area (Å²) in [5.41, 5.74) is 2.00. The molecule has 0 spiro atoms. The van der Waals surface area contributed by atoms with Crippen LogP contribution in [-0.2, 0) is 16.1 Å². The van der Waals surface area contributed by atoms with E-state index in [0.717, 1.165) is 18.7 Å². The Hall–Kier alpha value is -3.80. The molecule has 3 amide bonds. The maximum absolute atomic E-state index is 13.9. The van der Waals surface area contributed by atoms with Crippen molar-refractivity contribution >= 4 is 40.1 Å². The van der Waals surface area contributed by atoms with Gasteiger partial charge in [-0.25, -0.2) is 9.78 Å². The van der Waals surface area contributed by atoms with Crippen molar-refractivity contribution in [3.8, 4) is 0 Å². The lowest BCUT2D eigenvalue weighted by molar-refractivity contribution is -0.121. The van der Waals surface area contributed by atoms with Gasteiger partial charge in [-0.1, -0.05) is 30.3 Å². The van der Waals surface area contributed by atoms with Gasteiger partial charge in [-0.3, -0.25) is 24.3 Å². The van der Waals surface area contributed by atoms with E-state index in [1.807, 2.05) is 35.2 Å². The zero-order valence-corrected chi connectivity index (χ0v) is 23.0. The Morgan fingerprint density at radius 2 is 1.75 bits per heavy atom. The molecule has 2 aliphatic rings. The van der Waals surface area contributed by atoms with Crippen LogP contribution in [0.15, 0.2) is 66.2 Å². The Kier molecular flexibility index (Phi) is 9.04. The number of β-amino-alcohol motifs (C(OH)–C–C–N with tert-alkyl or cyclic N) is 1. The summed E-state index contributed by atoms with van der Waals surface area (Å²) in [7, 11) is 0. The van der Waals surface area contributed by atoms with Crippen LogP contribution in [0.25, 0.3) is 0 Å². The highest BCUT2D eigenvalue weighted by molar-refractivity contribution is 7.13. The number of likely N-dealkylation sites (tertiary alicyclic amines) is 1. The van der Waals surface area contributed by atoms with Gasteiger partial charge in [-0.05, 0) is 42.7 Å². The van der Waals surface area contributed by atoms with E-state index in [1.54, 1.807) is 35.8 Å². The van der Waals surface area contributed by atoms with E-state index in [0.29, 0.717) is 55.4 Å². The quantitative estimate of drug-likeness (QED) is 0.448. The van der Waals surface area contributed by atoms with E-state index in [1.165, 1.54) is 21.1 Å². The van der Waals surface area contributed by atoms with Crippen LogP contribution in [0.2, 0.25) is 0 Å². The van der Waals surface area contributed by atoms with Gasteiger partial charge in [-0.15, -0.1) is 11.3 Å². The maximum Gasteiger partial charge on any atom is 0.410 e. The minimum Gasteiger partial charge on any atom is -0.445 e. The third-order valence-corrected chi connectivity index (χ3v) is 8.01. The van der Waals surface area contributed by atoms with Gasteiger partial charge in [0.15, 0.2) is 5.13 Å². The molecule has 3 heterocycles. The highest BCUT2D eigenvalue weighted by Gasteiger charge is 2.39. The van der Waals surface area contributed by atoms with Crippen LogP contribution in [0.1, 0.15) is 28.8 Å². The number of aromatic nitrogens is 1. The molecule has 1 N–H and O–H groups in total. The van der Waals surface area contributed by atoms with E-state index < -0.39 is 12.1 Å². The lowest BCUT2D eigenvalue weighted by Crippen LogP contribution is -2.49. The van der Waals surface area contributed by atoms with Crippen LogP contribution in [-0.4, -0.2) is 94.6 Å². The second-order valence-corrected chi connectivity index (χ2v) is 10.7. The summed E-state index contributed by atoms with van der Waals surface area (Å²) in [6.07, 6.45) is 2.34. The molecule has 40 heavy (non-hydrogen) atoms. The number of piperazine rings is 1. The van der Waals surface area contributed by atoms with Gasteiger partial charge in [0.2, 0.25) is 0 Å². The van der Waals surface area contributed by atoms with Crippen molar-refractivity contribution in [2.24, 2.45) is 0 Å². The molecular weight excluding hydrogens is 530 g/mol. The van der Waals surface area contributed by atoms with Crippen LogP contribution in [0, 0.1) is 0 Å². The zero-order valence-electron chi connectivity index (χ0n) is 22.2. The number of anilines is 2. The van der Waals surface area contributed by atoms with Gasteiger partial charge in [0.1, 0.15) is 12.6 Å². The van der Waals surface area contributed by atoms with Gasteiger partial charge in [0.25, 0.3) is 11.8 Å². The second kappa shape index (κ2) is 13.0. The summed E-state index contributed by atoms with van der Waals surface area (Å²) in [5, 5.41) is 11.4. The molecule has 2 fully saturated rings. The molecule has 2 saturated heterocycles. The molecule has 2 aromatic carbocycles. The van der Waals surface area contributed by atoms with Crippen molar-refractivity contribution < 1.29 is 24.2 Å².